The summed E-state index contributed by atoms with van der Waals surface area (Å²) < 4.78 is 0. The number of aliphatic carboxylic acids is 2. The van der Waals surface area contributed by atoms with Crippen LogP contribution in [0.25, 0.3) is 0 Å². The molecule has 0 heterocycles. The van der Waals surface area contributed by atoms with Crippen LogP contribution in [0.5, 0.6) is 0 Å². The monoisotopic (exact) mass is 182 g/mol. The second kappa shape index (κ2) is 10.1. The summed E-state index contributed by atoms with van der Waals surface area (Å²) in [5.74, 6) is -3.54. The second-order valence-corrected chi connectivity index (χ2v) is 1.57. The van der Waals surface area contributed by atoms with Gasteiger partial charge in [-0.3, -0.25) is 0 Å². The molecule has 2 radical (unpaired) electrons. The van der Waals surface area contributed by atoms with Crippen LogP contribution in [0, 0.1) is 0 Å². The van der Waals surface area contributed by atoms with Gasteiger partial charge in [-0.15, -0.1) is 0 Å². The molecule has 0 unspecified atom stereocenters. The molecule has 68 valence electrons. The van der Waals surface area contributed by atoms with Gasteiger partial charge in [0.15, 0.2) is 12.2 Å². The smallest absolute Gasteiger partial charge is 0.335 e. The van der Waals surface area contributed by atoms with Gasteiger partial charge >= 0.3 is 11.9 Å². The van der Waals surface area contributed by atoms with Crippen LogP contribution in [0.4, 0.5) is 0 Å². The first-order valence-corrected chi connectivity index (χ1v) is 2.28. The Kier molecular flexibility index (Phi) is 18.0. The average molecular weight is 182 g/mol. The van der Waals surface area contributed by atoms with E-state index in [1.165, 1.54) is 0 Å². The van der Waals surface area contributed by atoms with E-state index in [0.29, 0.717) is 0 Å². The maximum atomic E-state index is 9.77. The summed E-state index contributed by atoms with van der Waals surface area (Å²) in [7, 11) is 0. The molecule has 2 atom stereocenters. The molecule has 0 rings (SSSR count). The van der Waals surface area contributed by atoms with Crippen molar-refractivity contribution in [3.8, 4) is 0 Å². The van der Waals surface area contributed by atoms with Crippen molar-refractivity contribution in [2.24, 2.45) is 0 Å². The minimum atomic E-state index is -2.27. The molecule has 0 fully saturated rings. The third-order valence-electron chi connectivity index (χ3n) is 0.805. The summed E-state index contributed by atoms with van der Waals surface area (Å²) >= 11 is 0. The van der Waals surface area contributed by atoms with Crippen LogP contribution in [0.3, 0.4) is 0 Å². The van der Waals surface area contributed by atoms with Crippen molar-refractivity contribution in [3.05, 3.63) is 0 Å². The molecule has 6 N–H and O–H groups in total. The van der Waals surface area contributed by atoms with Crippen LogP contribution in [0.2, 0.25) is 0 Å². The third kappa shape index (κ3) is 8.35. The van der Waals surface area contributed by atoms with Crippen LogP contribution >= 0.6 is 0 Å². The SMILES string of the molecule is O.O=C(O)[C@H](O)[C@@H](O)C(=O)O.[Li].[Li]. The summed E-state index contributed by atoms with van der Waals surface area (Å²) in [6, 6.07) is 0. The first-order chi connectivity index (χ1) is 4.46. The normalized spacial score (nSPS) is 12.2. The van der Waals surface area contributed by atoms with Gasteiger partial charge in [0, 0.05) is 37.7 Å². The van der Waals surface area contributed by atoms with E-state index in [2.05, 4.69) is 0 Å². The predicted octanol–water partition coefficient (Wildman–Crippen LogP) is -3.71. The Bertz CT molecular complexity index is 143. The van der Waals surface area contributed by atoms with Crippen LogP contribution in [-0.4, -0.2) is 87.8 Å². The molecule has 0 bridgehead atoms. The number of aliphatic hydroxyl groups is 2. The van der Waals surface area contributed by atoms with E-state index in [1.54, 1.807) is 0 Å². The molecule has 13 heavy (non-hydrogen) atoms. The van der Waals surface area contributed by atoms with Crippen molar-refractivity contribution in [3.63, 3.8) is 0 Å². The summed E-state index contributed by atoms with van der Waals surface area (Å²) in [4.78, 5) is 19.5. The van der Waals surface area contributed by atoms with Gasteiger partial charge in [0.05, 0.1) is 0 Å². The van der Waals surface area contributed by atoms with E-state index in [0.717, 1.165) is 0 Å². The van der Waals surface area contributed by atoms with Crippen molar-refractivity contribution in [1.82, 2.24) is 0 Å². The number of carbonyl (C=O) groups is 2. The molecule has 0 amide bonds. The molecule has 0 aliphatic heterocycles. The number of hydrogen-bond donors (Lipinski definition) is 4. The van der Waals surface area contributed by atoms with E-state index in [9.17, 15) is 9.59 Å². The summed E-state index contributed by atoms with van der Waals surface area (Å²) in [5, 5.41) is 32.5. The van der Waals surface area contributed by atoms with Gasteiger partial charge in [-0.2, -0.15) is 0 Å². The molecule has 0 aliphatic carbocycles. The maximum absolute atomic E-state index is 9.77. The van der Waals surface area contributed by atoms with Crippen LogP contribution in [0.1, 0.15) is 0 Å². The molecule has 0 saturated heterocycles. The molecule has 0 saturated carbocycles. The minimum Gasteiger partial charge on any atom is -0.479 e. The zero-order valence-electron chi connectivity index (χ0n) is 7.26. The van der Waals surface area contributed by atoms with Gasteiger partial charge in [0.1, 0.15) is 0 Å². The molecule has 0 aromatic carbocycles. The van der Waals surface area contributed by atoms with Crippen molar-refractivity contribution in [2.75, 3.05) is 0 Å². The Balaban J connectivity index is -0.000000135. The van der Waals surface area contributed by atoms with Crippen molar-refractivity contribution >= 4 is 49.7 Å². The molecule has 0 aromatic rings. The zero-order valence-corrected chi connectivity index (χ0v) is 7.26. The predicted molar refractivity (Wildman–Crippen MR) is 42.4 cm³/mol. The van der Waals surface area contributed by atoms with Gasteiger partial charge < -0.3 is 25.9 Å². The fourth-order valence-corrected chi connectivity index (χ4v) is 0.270. The standard InChI is InChI=1S/C4H6O6.2Li.H2O/c5-1(3(7)8)2(6)4(9)10;;;/h1-2,5-6H,(H,7,8)(H,9,10);;;1H2/t1-,2-;;;/m1.../s1. The first kappa shape index (κ1) is 23.1. The Morgan fingerprint density at radius 1 is 0.846 bits per heavy atom. The number of aliphatic hydroxyl groups excluding tert-OH is 2. The van der Waals surface area contributed by atoms with E-state index in [-0.39, 0.29) is 43.2 Å². The van der Waals surface area contributed by atoms with E-state index in [4.69, 9.17) is 20.4 Å². The summed E-state index contributed by atoms with van der Waals surface area (Å²) in [5.41, 5.74) is 0. The fourth-order valence-electron chi connectivity index (χ4n) is 0.270. The Hall–Kier alpha value is 0.0148. The zero-order chi connectivity index (χ0) is 8.31. The topological polar surface area (TPSA) is 147 Å². The summed E-state index contributed by atoms with van der Waals surface area (Å²) in [6.45, 7) is 0. The van der Waals surface area contributed by atoms with Crippen LogP contribution < -0.4 is 0 Å². The van der Waals surface area contributed by atoms with Crippen molar-refractivity contribution < 1.29 is 35.5 Å². The van der Waals surface area contributed by atoms with E-state index in [1.807, 2.05) is 0 Å². The van der Waals surface area contributed by atoms with Gasteiger partial charge in [-0.05, 0) is 0 Å². The largest absolute Gasteiger partial charge is 0.479 e. The Morgan fingerprint density at radius 3 is 1.08 bits per heavy atom. The molecule has 0 aromatic heterocycles. The molecule has 9 heteroatoms. The minimum absolute atomic E-state index is 0. The average Bonchev–Trinajstić information content (AvgIpc) is 1.84. The number of carboxylic acid groups (broad SMARTS) is 2. The molecule has 0 spiro atoms. The molecular formula is C4H8Li2O7. The first-order valence-electron chi connectivity index (χ1n) is 2.28. The third-order valence-corrected chi connectivity index (χ3v) is 0.805. The number of carboxylic acids is 2. The Morgan fingerprint density at radius 2 is 1.00 bits per heavy atom. The van der Waals surface area contributed by atoms with Crippen molar-refractivity contribution in [1.29, 1.82) is 0 Å². The maximum Gasteiger partial charge on any atom is 0.335 e. The fraction of sp³-hybridized carbons (Fsp3) is 0.500. The van der Waals surface area contributed by atoms with Crippen molar-refractivity contribution in [2.45, 2.75) is 12.2 Å². The molecular weight excluding hydrogens is 174 g/mol. The Labute approximate surface area is 97.4 Å². The van der Waals surface area contributed by atoms with Gasteiger partial charge in [0.25, 0.3) is 0 Å². The van der Waals surface area contributed by atoms with E-state index >= 15 is 0 Å². The van der Waals surface area contributed by atoms with Gasteiger partial charge in [-0.1, -0.05) is 0 Å². The summed E-state index contributed by atoms with van der Waals surface area (Å²) in [6.07, 6.45) is -4.53. The number of hydrogen-bond acceptors (Lipinski definition) is 4. The molecule has 0 aliphatic rings. The van der Waals surface area contributed by atoms with Crippen LogP contribution in [-0.2, 0) is 9.59 Å². The van der Waals surface area contributed by atoms with E-state index < -0.39 is 24.1 Å². The van der Waals surface area contributed by atoms with Crippen LogP contribution in [0.15, 0.2) is 0 Å². The second-order valence-electron chi connectivity index (χ2n) is 1.57. The molecule has 7 nitrogen and oxygen atoms in total. The van der Waals surface area contributed by atoms with Gasteiger partial charge in [0.2, 0.25) is 0 Å². The van der Waals surface area contributed by atoms with Gasteiger partial charge in [-0.25, -0.2) is 9.59 Å². The number of rotatable bonds is 3. The quantitative estimate of drug-likeness (QED) is 0.330.